The van der Waals surface area contributed by atoms with E-state index < -0.39 is 0 Å². The Hall–Kier alpha value is -3.00. The first-order valence-electron chi connectivity index (χ1n) is 7.26. The third-order valence-corrected chi connectivity index (χ3v) is 3.86. The maximum absolute atomic E-state index is 4.43. The number of pyridine rings is 2. The van der Waals surface area contributed by atoms with Gasteiger partial charge in [-0.2, -0.15) is 0 Å². The van der Waals surface area contributed by atoms with Crippen LogP contribution in [0.3, 0.4) is 0 Å². The Labute approximate surface area is 129 Å². The molecule has 0 N–H and O–H groups in total. The van der Waals surface area contributed by atoms with Crippen LogP contribution in [-0.2, 0) is 0 Å². The maximum atomic E-state index is 4.43. The Morgan fingerprint density at radius 2 is 1.23 bits per heavy atom. The summed E-state index contributed by atoms with van der Waals surface area (Å²) in [5, 5.41) is 1.18. The predicted molar refractivity (Wildman–Crippen MR) is 90.4 cm³/mol. The third-order valence-electron chi connectivity index (χ3n) is 3.86. The van der Waals surface area contributed by atoms with Crippen LogP contribution in [0.4, 0.5) is 0 Å². The number of nitrogens with zero attached hydrogens (tertiary/aromatic N) is 2. The molecule has 2 aromatic carbocycles. The van der Waals surface area contributed by atoms with E-state index in [4.69, 9.17) is 0 Å². The van der Waals surface area contributed by atoms with Gasteiger partial charge in [-0.15, -0.1) is 0 Å². The fourth-order valence-electron chi connectivity index (χ4n) is 2.73. The molecule has 0 bridgehead atoms. The van der Waals surface area contributed by atoms with Gasteiger partial charge < -0.3 is 0 Å². The topological polar surface area (TPSA) is 25.8 Å². The summed E-state index contributed by atoms with van der Waals surface area (Å²) >= 11 is 0. The molecule has 0 spiro atoms. The van der Waals surface area contributed by atoms with E-state index >= 15 is 0 Å². The number of hydrogen-bond donors (Lipinski definition) is 0. The minimum Gasteiger partial charge on any atom is -0.265 e. The highest BCUT2D eigenvalue weighted by atomic mass is 14.6. The van der Waals surface area contributed by atoms with E-state index in [0.717, 1.165) is 5.52 Å². The van der Waals surface area contributed by atoms with E-state index in [0.29, 0.717) is 0 Å². The van der Waals surface area contributed by atoms with E-state index in [1.54, 1.807) is 0 Å². The minimum absolute atomic E-state index is 1.03. The van der Waals surface area contributed by atoms with Crippen molar-refractivity contribution in [1.82, 2.24) is 9.97 Å². The zero-order valence-electron chi connectivity index (χ0n) is 12.0. The van der Waals surface area contributed by atoms with Gasteiger partial charge in [0.05, 0.1) is 5.52 Å². The normalized spacial score (nSPS) is 10.7. The predicted octanol–water partition coefficient (Wildman–Crippen LogP) is 4.96. The molecule has 0 aliphatic rings. The number of para-hydroxylation sites is 1. The molecule has 0 atom stereocenters. The Kier molecular flexibility index (Phi) is 3.13. The standard InChI is InChI=1S/C20H14N2/c1-2-4-20-19(3-1)18(11-14-22-20)17-7-5-15(6-8-17)16-9-12-21-13-10-16/h1-14H. The molecular formula is C20H14N2. The fourth-order valence-corrected chi connectivity index (χ4v) is 2.73. The van der Waals surface area contributed by atoms with Gasteiger partial charge in [-0.1, -0.05) is 42.5 Å². The van der Waals surface area contributed by atoms with Gasteiger partial charge in [-0.25, -0.2) is 0 Å². The van der Waals surface area contributed by atoms with E-state index in [2.05, 4.69) is 52.4 Å². The largest absolute Gasteiger partial charge is 0.265 e. The van der Waals surface area contributed by atoms with E-state index in [1.165, 1.54) is 27.6 Å². The van der Waals surface area contributed by atoms with Crippen molar-refractivity contribution in [3.8, 4) is 22.3 Å². The van der Waals surface area contributed by atoms with Crippen LogP contribution in [0.25, 0.3) is 33.2 Å². The van der Waals surface area contributed by atoms with Crippen LogP contribution in [-0.4, -0.2) is 9.97 Å². The van der Waals surface area contributed by atoms with E-state index in [-0.39, 0.29) is 0 Å². The second-order valence-electron chi connectivity index (χ2n) is 5.19. The summed E-state index contributed by atoms with van der Waals surface area (Å²) in [7, 11) is 0. The van der Waals surface area contributed by atoms with Crippen molar-refractivity contribution >= 4 is 10.9 Å². The van der Waals surface area contributed by atoms with Gasteiger partial charge in [0.2, 0.25) is 0 Å². The first-order valence-corrected chi connectivity index (χ1v) is 7.26. The molecule has 2 aromatic heterocycles. The molecule has 0 saturated heterocycles. The number of fused-ring (bicyclic) bond motifs is 1. The molecule has 0 aliphatic carbocycles. The summed E-state index contributed by atoms with van der Waals surface area (Å²) in [4.78, 5) is 8.49. The van der Waals surface area contributed by atoms with Gasteiger partial charge in [0.1, 0.15) is 0 Å². The smallest absolute Gasteiger partial charge is 0.0708 e. The van der Waals surface area contributed by atoms with Crippen molar-refractivity contribution in [3.63, 3.8) is 0 Å². The lowest BCUT2D eigenvalue weighted by Crippen LogP contribution is -1.84. The molecule has 2 heteroatoms. The quantitative estimate of drug-likeness (QED) is 0.519. The second-order valence-corrected chi connectivity index (χ2v) is 5.19. The molecule has 0 amide bonds. The second kappa shape index (κ2) is 5.41. The first kappa shape index (κ1) is 12.7. The highest BCUT2D eigenvalue weighted by Crippen LogP contribution is 2.29. The monoisotopic (exact) mass is 282 g/mol. The molecular weight excluding hydrogens is 268 g/mol. The summed E-state index contributed by atoms with van der Waals surface area (Å²) in [5.74, 6) is 0. The zero-order chi connectivity index (χ0) is 14.8. The highest BCUT2D eigenvalue weighted by molar-refractivity contribution is 5.94. The number of aromatic nitrogens is 2. The summed E-state index contributed by atoms with van der Waals surface area (Å²) < 4.78 is 0. The van der Waals surface area contributed by atoms with Crippen molar-refractivity contribution in [2.45, 2.75) is 0 Å². The van der Waals surface area contributed by atoms with Crippen molar-refractivity contribution < 1.29 is 0 Å². The molecule has 2 nitrogen and oxygen atoms in total. The van der Waals surface area contributed by atoms with Gasteiger partial charge in [-0.05, 0) is 46.5 Å². The van der Waals surface area contributed by atoms with Crippen LogP contribution in [0.15, 0.2) is 85.3 Å². The molecule has 0 aliphatic heterocycles. The summed E-state index contributed by atoms with van der Waals surface area (Å²) in [5.41, 5.74) is 5.83. The lowest BCUT2D eigenvalue weighted by atomic mass is 9.98. The Balaban J connectivity index is 1.80. The Morgan fingerprint density at radius 3 is 2.05 bits per heavy atom. The van der Waals surface area contributed by atoms with Gasteiger partial charge in [0.25, 0.3) is 0 Å². The molecule has 22 heavy (non-hydrogen) atoms. The van der Waals surface area contributed by atoms with Gasteiger partial charge in [-0.3, -0.25) is 9.97 Å². The lowest BCUT2D eigenvalue weighted by molar-refractivity contribution is 1.33. The van der Waals surface area contributed by atoms with Crippen LogP contribution in [0, 0.1) is 0 Å². The maximum Gasteiger partial charge on any atom is 0.0708 e. The van der Waals surface area contributed by atoms with Crippen LogP contribution in [0.2, 0.25) is 0 Å². The van der Waals surface area contributed by atoms with Gasteiger partial charge in [0.15, 0.2) is 0 Å². The molecule has 0 radical (unpaired) electrons. The lowest BCUT2D eigenvalue weighted by Gasteiger charge is -2.07. The number of rotatable bonds is 2. The van der Waals surface area contributed by atoms with Crippen molar-refractivity contribution in [1.29, 1.82) is 0 Å². The summed E-state index contributed by atoms with van der Waals surface area (Å²) in [6, 6.07) is 23.0. The molecule has 4 rings (SSSR count). The average Bonchev–Trinajstić information content (AvgIpc) is 2.62. The number of hydrogen-bond acceptors (Lipinski definition) is 2. The SMILES string of the molecule is c1ccc2c(-c3ccc(-c4ccncc4)cc3)ccnc2c1. The van der Waals surface area contributed by atoms with Crippen molar-refractivity contribution in [2.24, 2.45) is 0 Å². The average molecular weight is 282 g/mol. The van der Waals surface area contributed by atoms with Crippen molar-refractivity contribution in [2.75, 3.05) is 0 Å². The van der Waals surface area contributed by atoms with E-state index in [9.17, 15) is 0 Å². The summed E-state index contributed by atoms with van der Waals surface area (Å²) in [6.45, 7) is 0. The van der Waals surface area contributed by atoms with Crippen LogP contribution < -0.4 is 0 Å². The van der Waals surface area contributed by atoms with Gasteiger partial charge >= 0.3 is 0 Å². The molecule has 2 heterocycles. The summed E-state index contributed by atoms with van der Waals surface area (Å²) in [6.07, 6.45) is 5.51. The zero-order valence-corrected chi connectivity index (χ0v) is 12.0. The molecule has 0 fully saturated rings. The van der Waals surface area contributed by atoms with E-state index in [1.807, 2.05) is 42.9 Å². The highest BCUT2D eigenvalue weighted by Gasteiger charge is 2.04. The minimum atomic E-state index is 1.03. The molecule has 0 unspecified atom stereocenters. The Morgan fingerprint density at radius 1 is 0.545 bits per heavy atom. The van der Waals surface area contributed by atoms with Crippen LogP contribution >= 0.6 is 0 Å². The van der Waals surface area contributed by atoms with Crippen LogP contribution in [0.1, 0.15) is 0 Å². The first-order chi connectivity index (χ1) is 10.9. The van der Waals surface area contributed by atoms with Gasteiger partial charge in [0, 0.05) is 24.0 Å². The Bertz CT molecular complexity index is 908. The van der Waals surface area contributed by atoms with Crippen molar-refractivity contribution in [3.05, 3.63) is 85.3 Å². The molecule has 104 valence electrons. The fraction of sp³-hybridized carbons (Fsp3) is 0. The molecule has 4 aromatic rings. The van der Waals surface area contributed by atoms with Crippen LogP contribution in [0.5, 0.6) is 0 Å². The number of benzene rings is 2. The molecule has 0 saturated carbocycles. The third kappa shape index (κ3) is 2.25.